The average Bonchev–Trinajstić information content (AvgIpc) is 2.29. The van der Waals surface area contributed by atoms with Gasteiger partial charge in [0, 0.05) is 13.1 Å². The first kappa shape index (κ1) is 18.3. The number of ether oxygens (including phenoxy) is 1. The molecule has 2 aliphatic rings. The number of hydrogen-bond donors (Lipinski definition) is 1. The Morgan fingerprint density at radius 1 is 1.42 bits per heavy atom. The van der Waals surface area contributed by atoms with Crippen LogP contribution < -0.4 is 18.9 Å². The second-order valence-corrected chi connectivity index (χ2v) is 4.23. The van der Waals surface area contributed by atoms with Crippen molar-refractivity contribution in [1.29, 1.82) is 0 Å². The van der Waals surface area contributed by atoms with Crippen LogP contribution in [0.15, 0.2) is 0 Å². The maximum atomic E-state index is 11.4. The third kappa shape index (κ3) is 5.85. The van der Waals surface area contributed by atoms with E-state index in [4.69, 9.17) is 14.6 Å². The van der Waals surface area contributed by atoms with E-state index in [1.807, 2.05) is 11.8 Å². The van der Waals surface area contributed by atoms with Crippen LogP contribution in [0.25, 0.3) is 0 Å². The van der Waals surface area contributed by atoms with Crippen molar-refractivity contribution < 1.29 is 38.3 Å². The van der Waals surface area contributed by atoms with E-state index in [9.17, 15) is 4.79 Å². The van der Waals surface area contributed by atoms with Gasteiger partial charge in [-0.05, 0) is 25.8 Å². The molecule has 0 saturated carbocycles. The third-order valence-electron chi connectivity index (χ3n) is 3.21. The van der Waals surface area contributed by atoms with E-state index in [1.165, 1.54) is 13.0 Å². The van der Waals surface area contributed by atoms with Gasteiger partial charge in [-0.2, -0.15) is 6.42 Å². The number of carboxylic acid groups (broad SMARTS) is 1. The molecule has 2 fully saturated rings. The summed E-state index contributed by atoms with van der Waals surface area (Å²) in [6, 6.07) is 0.657. The van der Waals surface area contributed by atoms with Gasteiger partial charge >= 0.3 is 25.0 Å². The smallest absolute Gasteiger partial charge is 0.483 e. The van der Waals surface area contributed by atoms with Gasteiger partial charge in [0.2, 0.25) is 0 Å². The molecule has 0 bridgehead atoms. The second kappa shape index (κ2) is 10.1. The normalized spacial score (nSPS) is 19.3. The molecule has 1 amide bonds. The molecule has 1 N–H and O–H groups in total. The van der Waals surface area contributed by atoms with Crippen molar-refractivity contribution in [2.24, 2.45) is 0 Å². The van der Waals surface area contributed by atoms with Gasteiger partial charge in [0.15, 0.2) is 0 Å². The summed E-state index contributed by atoms with van der Waals surface area (Å²) < 4.78 is 4.98. The maximum absolute atomic E-state index is 11.4. The number of likely N-dealkylation sites (tertiary alicyclic amines) is 2. The monoisotopic (exact) mass is 264 g/mol. The van der Waals surface area contributed by atoms with Gasteiger partial charge in [-0.25, -0.2) is 4.79 Å². The molecule has 0 radical (unpaired) electrons. The first-order valence-electron chi connectivity index (χ1n) is 6.31. The predicted octanol–water partition coefficient (Wildman–Crippen LogP) is -1.82. The van der Waals surface area contributed by atoms with Crippen LogP contribution in [0.3, 0.4) is 0 Å². The van der Waals surface area contributed by atoms with Gasteiger partial charge in [0.25, 0.3) is 6.47 Å². The van der Waals surface area contributed by atoms with Crippen molar-refractivity contribution >= 4 is 12.6 Å². The van der Waals surface area contributed by atoms with Gasteiger partial charge in [-0.15, -0.1) is 0 Å². The number of hydrogen-bond acceptors (Lipinski definition) is 4. The van der Waals surface area contributed by atoms with Crippen LogP contribution in [0.2, 0.25) is 0 Å². The van der Waals surface area contributed by atoms with Gasteiger partial charge < -0.3 is 19.6 Å². The molecule has 0 unspecified atom stereocenters. The van der Waals surface area contributed by atoms with E-state index in [0.717, 1.165) is 25.9 Å². The Morgan fingerprint density at radius 3 is 2.32 bits per heavy atom. The Hall–Kier alpha value is -0.703. The summed E-state index contributed by atoms with van der Waals surface area (Å²) in [6.07, 6.45) is 3.23. The van der Waals surface area contributed by atoms with Crippen LogP contribution in [-0.2, 0) is 9.53 Å². The molecule has 0 aliphatic carbocycles. The van der Waals surface area contributed by atoms with Gasteiger partial charge in [0.05, 0.1) is 6.61 Å². The molecule has 104 valence electrons. The van der Waals surface area contributed by atoms with Crippen LogP contribution >= 0.6 is 0 Å². The fourth-order valence-corrected chi connectivity index (χ4v) is 2.20. The van der Waals surface area contributed by atoms with Gasteiger partial charge in [0.1, 0.15) is 0 Å². The second-order valence-electron chi connectivity index (χ2n) is 4.23. The quantitative estimate of drug-likeness (QED) is 0.361. The fraction of sp³-hybridized carbons (Fsp3) is 0.750. The topological polar surface area (TPSA) is 70.1 Å². The summed E-state index contributed by atoms with van der Waals surface area (Å²) in [5.74, 6) is 0. The fourth-order valence-electron chi connectivity index (χ4n) is 2.20. The Bertz CT molecular complexity index is 266. The average molecular weight is 264 g/mol. The van der Waals surface area contributed by atoms with Crippen molar-refractivity contribution in [2.75, 3.05) is 26.2 Å². The van der Waals surface area contributed by atoms with E-state index in [2.05, 4.69) is 11.4 Å². The first-order chi connectivity index (χ1) is 8.72. The van der Waals surface area contributed by atoms with Crippen molar-refractivity contribution in [3.8, 4) is 0 Å². The standard InChI is InChI=1S/C11H19N2O2.CH2O2.Li/c1-2-15-11(14)13-8-4-10(5-9-13)12-6-3-7-12;2-1-3;/h6,10H,2-5,7-9H2,1H3;1H,(H,2,3);/q-1;;+1. The van der Waals surface area contributed by atoms with Crippen LogP contribution in [-0.4, -0.2) is 59.8 Å². The van der Waals surface area contributed by atoms with Gasteiger partial charge in [-0.1, -0.05) is 6.54 Å². The summed E-state index contributed by atoms with van der Waals surface area (Å²) in [4.78, 5) is 24.0. The minimum atomic E-state index is -0.250. The number of carbonyl (C=O) groups is 2. The molecule has 0 atom stereocenters. The first-order valence-corrected chi connectivity index (χ1v) is 6.31. The molecule has 2 rings (SSSR count). The maximum Gasteiger partial charge on any atom is 1.00 e. The molecule has 6 nitrogen and oxygen atoms in total. The molecule has 2 heterocycles. The number of piperidine rings is 1. The zero-order valence-corrected chi connectivity index (χ0v) is 11.7. The Morgan fingerprint density at radius 2 is 1.95 bits per heavy atom. The molecule has 0 aromatic rings. The van der Waals surface area contributed by atoms with Crippen LogP contribution in [0.4, 0.5) is 4.79 Å². The van der Waals surface area contributed by atoms with E-state index in [-0.39, 0.29) is 31.4 Å². The molecule has 2 aliphatic heterocycles. The van der Waals surface area contributed by atoms with Crippen molar-refractivity contribution in [1.82, 2.24) is 9.80 Å². The van der Waals surface area contributed by atoms with Crippen molar-refractivity contribution in [2.45, 2.75) is 32.2 Å². The molecule has 7 heteroatoms. The summed E-state index contributed by atoms with van der Waals surface area (Å²) >= 11 is 0. The molecule has 0 aromatic carbocycles. The van der Waals surface area contributed by atoms with Crippen LogP contribution in [0.5, 0.6) is 0 Å². The molecule has 2 saturated heterocycles. The van der Waals surface area contributed by atoms with Crippen LogP contribution in [0.1, 0.15) is 26.2 Å². The van der Waals surface area contributed by atoms with E-state index in [1.54, 1.807) is 0 Å². The summed E-state index contributed by atoms with van der Waals surface area (Å²) in [6.45, 7) is 7.22. The number of nitrogens with zero attached hydrogens (tertiary/aromatic N) is 2. The SMILES string of the molecule is CCOC(=O)N1CCC(N2[CH-]CC2)CC1.O=CO.[Li+]. The minimum absolute atomic E-state index is 0. The summed E-state index contributed by atoms with van der Waals surface area (Å²) in [5, 5.41) is 6.89. The summed E-state index contributed by atoms with van der Waals surface area (Å²) in [5.41, 5.74) is 0. The number of carbonyl (C=O) groups excluding carboxylic acids is 1. The molecular formula is C12H21LiN2O4. The predicted molar refractivity (Wildman–Crippen MR) is 65.9 cm³/mol. The Labute approximate surface area is 126 Å². The molecule has 0 spiro atoms. The van der Waals surface area contributed by atoms with Crippen molar-refractivity contribution in [3.63, 3.8) is 0 Å². The molecule has 0 aromatic heterocycles. The van der Waals surface area contributed by atoms with E-state index >= 15 is 0 Å². The zero-order valence-electron chi connectivity index (χ0n) is 11.7. The Balaban J connectivity index is 0.000000742. The number of rotatable bonds is 2. The van der Waals surface area contributed by atoms with Gasteiger partial charge in [-0.3, -0.25) is 11.3 Å². The third-order valence-corrected chi connectivity index (χ3v) is 3.21. The van der Waals surface area contributed by atoms with E-state index < -0.39 is 0 Å². The van der Waals surface area contributed by atoms with Crippen molar-refractivity contribution in [3.05, 3.63) is 6.54 Å². The van der Waals surface area contributed by atoms with Crippen LogP contribution in [0, 0.1) is 6.54 Å². The minimum Gasteiger partial charge on any atom is -0.483 e. The Kier molecular flexibility index (Phi) is 9.75. The molecule has 19 heavy (non-hydrogen) atoms. The summed E-state index contributed by atoms with van der Waals surface area (Å²) in [7, 11) is 0. The van der Waals surface area contributed by atoms with E-state index in [0.29, 0.717) is 12.6 Å². The zero-order chi connectivity index (χ0) is 13.4. The number of amides is 1. The molecular weight excluding hydrogens is 243 g/mol. The largest absolute Gasteiger partial charge is 1.00 e.